The van der Waals surface area contributed by atoms with Crippen LogP contribution in [0.25, 0.3) is 21.7 Å². The lowest BCUT2D eigenvalue weighted by molar-refractivity contribution is 0.0734. The van der Waals surface area contributed by atoms with Gasteiger partial charge < -0.3 is 13.9 Å². The maximum Gasteiger partial charge on any atom is 0.343 e. The Bertz CT molecular complexity index is 2250. The number of hydrogen-bond donors (Lipinski definition) is 0. The third kappa shape index (κ3) is 4.59. The number of nitrogens with zero attached hydrogens (tertiary/aromatic N) is 1. The fraction of sp³-hybridized carbons (Fsp3) is 0.0556. The number of ether oxygens (including phenoxy) is 2. The van der Waals surface area contributed by atoms with E-state index in [1.165, 1.54) is 42.7 Å². The zero-order chi connectivity index (χ0) is 30.5. The molecule has 0 unspecified atom stereocenters. The molecule has 8 heteroatoms. The minimum Gasteiger partial charge on any atom is -0.460 e. The van der Waals surface area contributed by atoms with E-state index in [9.17, 15) is 19.2 Å². The average molecular weight is 582 g/mol. The predicted octanol–water partition coefficient (Wildman–Crippen LogP) is 7.38. The Hall–Kier alpha value is -6.02. The molecule has 0 spiro atoms. The third-order valence-electron chi connectivity index (χ3n) is 7.60. The number of aryl methyl sites for hydroxylation is 2. The topological polar surface area (TPSA) is 103 Å². The van der Waals surface area contributed by atoms with Crippen molar-refractivity contribution in [2.24, 2.45) is 0 Å². The van der Waals surface area contributed by atoms with Crippen LogP contribution in [0.1, 0.15) is 42.2 Å². The lowest BCUT2D eigenvalue weighted by Gasteiger charge is -2.17. The molecule has 0 bridgehead atoms. The van der Waals surface area contributed by atoms with Crippen LogP contribution in [0, 0.1) is 13.8 Å². The molecule has 0 saturated heterocycles. The van der Waals surface area contributed by atoms with E-state index in [4.69, 9.17) is 13.9 Å². The molecule has 1 aromatic heterocycles. The summed E-state index contributed by atoms with van der Waals surface area (Å²) in [6.07, 6.45) is 1.22. The molecule has 2 heterocycles. The molecule has 0 aliphatic carbocycles. The van der Waals surface area contributed by atoms with E-state index in [0.29, 0.717) is 11.4 Å². The van der Waals surface area contributed by atoms with Gasteiger partial charge in [-0.15, -0.1) is 0 Å². The number of amides is 2. The number of benzene rings is 5. The molecule has 6 aromatic rings. The molecule has 5 aromatic carbocycles. The Kier molecular flexibility index (Phi) is 6.32. The monoisotopic (exact) mass is 581 g/mol. The van der Waals surface area contributed by atoms with Gasteiger partial charge in [-0.2, -0.15) is 0 Å². The number of carbonyl (C=O) groups excluding carboxylic acids is 3. The second-order valence-electron chi connectivity index (χ2n) is 10.6. The van der Waals surface area contributed by atoms with Crippen molar-refractivity contribution < 1.29 is 28.3 Å². The van der Waals surface area contributed by atoms with Crippen molar-refractivity contribution in [2.75, 3.05) is 4.90 Å². The van der Waals surface area contributed by atoms with Gasteiger partial charge in [-0.05, 0) is 84.3 Å². The van der Waals surface area contributed by atoms with E-state index in [1.54, 1.807) is 12.1 Å². The number of rotatable bonds is 5. The van der Waals surface area contributed by atoms with Gasteiger partial charge in [0, 0.05) is 6.07 Å². The molecule has 1 aliphatic heterocycles. The first kappa shape index (κ1) is 26.9. The molecule has 8 nitrogen and oxygen atoms in total. The first-order chi connectivity index (χ1) is 21.3. The van der Waals surface area contributed by atoms with Crippen LogP contribution in [0.3, 0.4) is 0 Å². The van der Waals surface area contributed by atoms with Crippen LogP contribution in [-0.2, 0) is 0 Å². The van der Waals surface area contributed by atoms with Crippen molar-refractivity contribution in [2.45, 2.75) is 13.8 Å². The highest BCUT2D eigenvalue weighted by Gasteiger charge is 2.38. The van der Waals surface area contributed by atoms with Crippen molar-refractivity contribution in [3.63, 3.8) is 0 Å². The molecule has 0 saturated carbocycles. The highest BCUT2D eigenvalue weighted by atomic mass is 16.5. The lowest BCUT2D eigenvalue weighted by Crippen LogP contribution is -2.30. The number of imide groups is 1. The summed E-state index contributed by atoms with van der Waals surface area (Å²) in [5.74, 6) is -1.06. The number of esters is 1. The Morgan fingerprint density at radius 3 is 2.34 bits per heavy atom. The number of anilines is 1. The summed E-state index contributed by atoms with van der Waals surface area (Å²) in [6, 6.07) is 27.5. The number of hydrogen-bond acceptors (Lipinski definition) is 7. The number of carbonyl (C=O) groups is 3. The molecular formula is C36H23NO7. The highest BCUT2D eigenvalue weighted by molar-refractivity contribution is 6.35. The van der Waals surface area contributed by atoms with Gasteiger partial charge in [0.2, 0.25) is 11.2 Å². The standard InChI is InChI=1S/C36H23NO7/c1-20-7-8-21(2)30(15-20)37-34(39)27-13-10-24(17-29(27)35(37)40)36(41)44-26-12-14-28-31(18-26)42-19-32(33(28)38)43-25-11-9-22-5-3-4-6-23(22)16-25/h3-19H,1-2H3. The van der Waals surface area contributed by atoms with Crippen molar-refractivity contribution in [3.8, 4) is 17.2 Å². The summed E-state index contributed by atoms with van der Waals surface area (Å²) in [6.45, 7) is 3.71. The van der Waals surface area contributed by atoms with Gasteiger partial charge in [-0.25, -0.2) is 9.69 Å². The molecule has 0 radical (unpaired) electrons. The van der Waals surface area contributed by atoms with E-state index in [-0.39, 0.29) is 44.6 Å². The van der Waals surface area contributed by atoms with Crippen molar-refractivity contribution in [1.29, 1.82) is 0 Å². The first-order valence-corrected chi connectivity index (χ1v) is 13.8. The molecule has 2 amide bonds. The molecule has 214 valence electrons. The van der Waals surface area contributed by atoms with Gasteiger partial charge in [0.1, 0.15) is 23.3 Å². The van der Waals surface area contributed by atoms with Crippen molar-refractivity contribution in [3.05, 3.63) is 141 Å². The lowest BCUT2D eigenvalue weighted by atomic mass is 10.1. The van der Waals surface area contributed by atoms with Crippen LogP contribution in [0.15, 0.2) is 113 Å². The van der Waals surface area contributed by atoms with Crippen LogP contribution < -0.4 is 19.8 Å². The molecule has 44 heavy (non-hydrogen) atoms. The van der Waals surface area contributed by atoms with Crippen LogP contribution in [0.2, 0.25) is 0 Å². The van der Waals surface area contributed by atoms with E-state index < -0.39 is 17.8 Å². The first-order valence-electron chi connectivity index (χ1n) is 13.8. The molecule has 7 rings (SSSR count). The average Bonchev–Trinajstić information content (AvgIpc) is 3.28. The molecule has 1 aliphatic rings. The smallest absolute Gasteiger partial charge is 0.343 e. The largest absolute Gasteiger partial charge is 0.460 e. The van der Waals surface area contributed by atoms with Crippen LogP contribution in [0.4, 0.5) is 5.69 Å². The molecular weight excluding hydrogens is 558 g/mol. The summed E-state index contributed by atoms with van der Waals surface area (Å²) < 4.78 is 17.0. The highest BCUT2D eigenvalue weighted by Crippen LogP contribution is 2.32. The molecule has 0 atom stereocenters. The summed E-state index contributed by atoms with van der Waals surface area (Å²) in [7, 11) is 0. The maximum absolute atomic E-state index is 13.3. The fourth-order valence-corrected chi connectivity index (χ4v) is 5.30. The van der Waals surface area contributed by atoms with Gasteiger partial charge in [0.15, 0.2) is 0 Å². The van der Waals surface area contributed by atoms with Gasteiger partial charge in [-0.1, -0.05) is 42.5 Å². The van der Waals surface area contributed by atoms with E-state index in [0.717, 1.165) is 26.8 Å². The maximum atomic E-state index is 13.3. The SMILES string of the molecule is Cc1ccc(C)c(N2C(=O)c3ccc(C(=O)Oc4ccc5c(=O)c(Oc6ccc7ccccc7c6)coc5c4)cc3C2=O)c1. The van der Waals surface area contributed by atoms with Crippen LogP contribution in [-0.4, -0.2) is 17.8 Å². The third-order valence-corrected chi connectivity index (χ3v) is 7.60. The fourth-order valence-electron chi connectivity index (χ4n) is 5.30. The minimum atomic E-state index is -0.740. The normalized spacial score (nSPS) is 12.5. The van der Waals surface area contributed by atoms with E-state index in [2.05, 4.69) is 0 Å². The van der Waals surface area contributed by atoms with E-state index >= 15 is 0 Å². The Balaban J connectivity index is 1.11. The van der Waals surface area contributed by atoms with E-state index in [1.807, 2.05) is 62.4 Å². The quantitative estimate of drug-likeness (QED) is 0.119. The second-order valence-corrected chi connectivity index (χ2v) is 10.6. The summed E-state index contributed by atoms with van der Waals surface area (Å²) in [4.78, 5) is 53.7. The zero-order valence-electron chi connectivity index (χ0n) is 23.6. The number of fused-ring (bicyclic) bond motifs is 3. The Labute approximate surface area is 250 Å². The van der Waals surface area contributed by atoms with Crippen LogP contribution >= 0.6 is 0 Å². The van der Waals surface area contributed by atoms with Gasteiger partial charge in [-0.3, -0.25) is 14.4 Å². The molecule has 0 N–H and O–H groups in total. The summed E-state index contributed by atoms with van der Waals surface area (Å²) in [5, 5.41) is 2.27. The zero-order valence-corrected chi connectivity index (χ0v) is 23.6. The summed E-state index contributed by atoms with van der Waals surface area (Å²) >= 11 is 0. The Morgan fingerprint density at radius 2 is 1.50 bits per heavy atom. The minimum absolute atomic E-state index is 0.0183. The predicted molar refractivity (Wildman–Crippen MR) is 165 cm³/mol. The molecule has 0 fully saturated rings. The Morgan fingerprint density at radius 1 is 0.727 bits per heavy atom. The van der Waals surface area contributed by atoms with Crippen molar-refractivity contribution in [1.82, 2.24) is 0 Å². The summed E-state index contributed by atoms with van der Waals surface area (Å²) in [5.41, 5.74) is 2.43. The van der Waals surface area contributed by atoms with Crippen molar-refractivity contribution >= 4 is 45.2 Å². The second kappa shape index (κ2) is 10.4. The van der Waals surface area contributed by atoms with Gasteiger partial charge in [0.05, 0.1) is 27.8 Å². The van der Waals surface area contributed by atoms with Crippen LogP contribution in [0.5, 0.6) is 17.2 Å². The van der Waals surface area contributed by atoms with Gasteiger partial charge >= 0.3 is 5.97 Å². The van der Waals surface area contributed by atoms with Gasteiger partial charge in [0.25, 0.3) is 11.8 Å².